The van der Waals surface area contributed by atoms with E-state index >= 15 is 0 Å². The van der Waals surface area contributed by atoms with E-state index in [1.165, 1.54) is 11.1 Å². The number of benzene rings is 2. The van der Waals surface area contributed by atoms with Gasteiger partial charge in [0.1, 0.15) is 5.75 Å². The molecule has 1 heterocycles. The third-order valence-corrected chi connectivity index (χ3v) is 5.96. The largest absolute Gasteiger partial charge is 0.468 e. The summed E-state index contributed by atoms with van der Waals surface area (Å²) in [7, 11) is 1.61. The lowest BCUT2D eigenvalue weighted by Crippen LogP contribution is -2.44. The Hall–Kier alpha value is -2.37. The molecule has 5 heteroatoms. The van der Waals surface area contributed by atoms with Gasteiger partial charge in [0.25, 0.3) is 0 Å². The van der Waals surface area contributed by atoms with Gasteiger partial charge >= 0.3 is 0 Å². The van der Waals surface area contributed by atoms with Gasteiger partial charge in [0.2, 0.25) is 5.91 Å². The minimum atomic E-state index is 0.114. The fourth-order valence-electron chi connectivity index (χ4n) is 4.18. The molecular weight excluding hydrogens is 364 g/mol. The smallest absolute Gasteiger partial charge is 0.223 e. The fraction of sp³-hybridized carbons (Fsp3) is 0.458. The minimum Gasteiger partial charge on any atom is -0.468 e. The van der Waals surface area contributed by atoms with Crippen molar-refractivity contribution in [2.24, 2.45) is 5.92 Å². The van der Waals surface area contributed by atoms with Gasteiger partial charge in [-0.2, -0.15) is 0 Å². The van der Waals surface area contributed by atoms with Crippen LogP contribution in [0.2, 0.25) is 0 Å². The number of nitrogens with one attached hydrogen (secondary N) is 1. The molecule has 0 radical (unpaired) electrons. The van der Waals surface area contributed by atoms with Crippen LogP contribution in [-0.4, -0.2) is 43.8 Å². The fourth-order valence-corrected chi connectivity index (χ4v) is 4.18. The first-order chi connectivity index (χ1) is 14.2. The zero-order valence-electron chi connectivity index (χ0n) is 17.0. The van der Waals surface area contributed by atoms with Crippen molar-refractivity contribution in [2.75, 3.05) is 27.0 Å². The maximum absolute atomic E-state index is 12.7. The van der Waals surface area contributed by atoms with Gasteiger partial charge < -0.3 is 14.8 Å². The average molecular weight is 395 g/mol. The molecule has 4 rings (SSSR count). The Morgan fingerprint density at radius 2 is 1.79 bits per heavy atom. The summed E-state index contributed by atoms with van der Waals surface area (Å²) >= 11 is 0. The van der Waals surface area contributed by atoms with Crippen LogP contribution in [0, 0.1) is 5.92 Å². The van der Waals surface area contributed by atoms with Crippen LogP contribution in [-0.2, 0) is 16.1 Å². The maximum atomic E-state index is 12.7. The molecule has 0 spiro atoms. The van der Waals surface area contributed by atoms with Crippen molar-refractivity contribution < 1.29 is 14.3 Å². The first kappa shape index (κ1) is 19.9. The summed E-state index contributed by atoms with van der Waals surface area (Å²) in [6.45, 7) is 3.32. The molecule has 2 aromatic carbocycles. The Bertz CT molecular complexity index is 786. The number of amides is 1. The first-order valence-electron chi connectivity index (χ1n) is 10.5. The third-order valence-electron chi connectivity index (χ3n) is 5.96. The summed E-state index contributed by atoms with van der Waals surface area (Å²) < 4.78 is 10.3. The summed E-state index contributed by atoms with van der Waals surface area (Å²) in [6.07, 6.45) is 3.00. The van der Waals surface area contributed by atoms with E-state index in [9.17, 15) is 4.79 Å². The molecule has 1 N–H and O–H groups in total. The van der Waals surface area contributed by atoms with E-state index in [0.717, 1.165) is 44.6 Å². The van der Waals surface area contributed by atoms with Crippen LogP contribution >= 0.6 is 0 Å². The minimum absolute atomic E-state index is 0.114. The van der Waals surface area contributed by atoms with E-state index in [1.807, 2.05) is 12.1 Å². The van der Waals surface area contributed by atoms with E-state index in [-0.39, 0.29) is 18.6 Å². The monoisotopic (exact) mass is 394 g/mol. The van der Waals surface area contributed by atoms with Crippen LogP contribution in [0.3, 0.4) is 0 Å². The number of hydrogen-bond acceptors (Lipinski definition) is 4. The van der Waals surface area contributed by atoms with Gasteiger partial charge in [0.15, 0.2) is 6.79 Å². The molecule has 0 aromatic heterocycles. The highest BCUT2D eigenvalue weighted by atomic mass is 16.7. The van der Waals surface area contributed by atoms with E-state index in [0.29, 0.717) is 12.0 Å². The number of nitrogens with zero attached hydrogens (tertiary/aromatic N) is 1. The molecule has 0 bridgehead atoms. The van der Waals surface area contributed by atoms with E-state index < -0.39 is 0 Å². The second kappa shape index (κ2) is 9.42. The first-order valence-corrected chi connectivity index (χ1v) is 10.5. The van der Waals surface area contributed by atoms with Crippen LogP contribution < -0.4 is 10.1 Å². The van der Waals surface area contributed by atoms with E-state index in [2.05, 4.69) is 52.7 Å². The predicted octanol–water partition coefficient (Wildman–Crippen LogP) is 3.55. The SMILES string of the molecule is COCOc1ccc(C2CC2C(=O)NC2CCN(Cc3ccccc3)CC2)cc1. The number of carbonyl (C=O) groups excluding carboxylic acids is 1. The Morgan fingerprint density at radius 1 is 1.07 bits per heavy atom. The molecule has 2 unspecified atom stereocenters. The van der Waals surface area contributed by atoms with Gasteiger partial charge in [0, 0.05) is 38.7 Å². The highest BCUT2D eigenvalue weighted by molar-refractivity contribution is 5.83. The van der Waals surface area contributed by atoms with Crippen molar-refractivity contribution in [1.82, 2.24) is 10.2 Å². The molecule has 1 amide bonds. The van der Waals surface area contributed by atoms with Gasteiger partial charge in [-0.15, -0.1) is 0 Å². The average Bonchev–Trinajstić information content (AvgIpc) is 3.56. The van der Waals surface area contributed by atoms with E-state index in [1.54, 1.807) is 7.11 Å². The van der Waals surface area contributed by atoms with E-state index in [4.69, 9.17) is 9.47 Å². The molecular formula is C24H30N2O3. The number of likely N-dealkylation sites (tertiary alicyclic amines) is 1. The Balaban J connectivity index is 1.20. The van der Waals surface area contributed by atoms with Crippen molar-refractivity contribution in [1.29, 1.82) is 0 Å². The van der Waals surface area contributed by atoms with Crippen molar-refractivity contribution in [2.45, 2.75) is 37.8 Å². The Labute approximate surface area is 173 Å². The molecule has 2 aromatic rings. The number of piperidine rings is 1. The molecule has 29 heavy (non-hydrogen) atoms. The summed E-state index contributed by atoms with van der Waals surface area (Å²) in [5.74, 6) is 1.46. The lowest BCUT2D eigenvalue weighted by atomic mass is 10.0. The van der Waals surface area contributed by atoms with Crippen LogP contribution in [0.25, 0.3) is 0 Å². The molecule has 2 atom stereocenters. The van der Waals surface area contributed by atoms with Gasteiger partial charge in [0.05, 0.1) is 0 Å². The molecule has 2 aliphatic rings. The summed E-state index contributed by atoms with van der Waals surface area (Å²) in [6, 6.07) is 18.9. The van der Waals surface area contributed by atoms with Gasteiger partial charge in [-0.3, -0.25) is 9.69 Å². The topological polar surface area (TPSA) is 50.8 Å². The number of rotatable bonds is 8. The molecule has 1 aliphatic carbocycles. The number of hydrogen-bond donors (Lipinski definition) is 1. The quantitative estimate of drug-likeness (QED) is 0.696. The Morgan fingerprint density at radius 3 is 2.48 bits per heavy atom. The lowest BCUT2D eigenvalue weighted by molar-refractivity contribution is -0.123. The molecule has 1 saturated heterocycles. The molecule has 2 fully saturated rings. The second-order valence-electron chi connectivity index (χ2n) is 8.11. The number of methoxy groups -OCH3 is 1. The molecule has 154 valence electrons. The third kappa shape index (κ3) is 5.37. The molecule has 1 aliphatic heterocycles. The van der Waals surface area contributed by atoms with Crippen LogP contribution in [0.15, 0.2) is 54.6 Å². The summed E-state index contributed by atoms with van der Waals surface area (Å²) in [5.41, 5.74) is 2.57. The zero-order valence-corrected chi connectivity index (χ0v) is 17.0. The molecule has 5 nitrogen and oxygen atoms in total. The second-order valence-corrected chi connectivity index (χ2v) is 8.11. The summed E-state index contributed by atoms with van der Waals surface area (Å²) in [5, 5.41) is 3.30. The summed E-state index contributed by atoms with van der Waals surface area (Å²) in [4.78, 5) is 15.1. The van der Waals surface area contributed by atoms with Gasteiger partial charge in [-0.05, 0) is 48.4 Å². The number of carbonyl (C=O) groups is 1. The van der Waals surface area contributed by atoms with Crippen LogP contribution in [0.1, 0.15) is 36.3 Å². The van der Waals surface area contributed by atoms with Crippen molar-refractivity contribution in [3.05, 3.63) is 65.7 Å². The normalized spacial score (nSPS) is 22.2. The Kier molecular flexibility index (Phi) is 6.47. The highest BCUT2D eigenvalue weighted by Gasteiger charge is 2.44. The van der Waals surface area contributed by atoms with Gasteiger partial charge in [-0.1, -0.05) is 42.5 Å². The highest BCUT2D eigenvalue weighted by Crippen LogP contribution is 2.47. The molecule has 1 saturated carbocycles. The maximum Gasteiger partial charge on any atom is 0.223 e. The van der Waals surface area contributed by atoms with Crippen LogP contribution in [0.5, 0.6) is 5.75 Å². The predicted molar refractivity (Wildman–Crippen MR) is 113 cm³/mol. The lowest BCUT2D eigenvalue weighted by Gasteiger charge is -2.32. The van der Waals surface area contributed by atoms with Gasteiger partial charge in [-0.25, -0.2) is 0 Å². The van der Waals surface area contributed by atoms with Crippen molar-refractivity contribution in [3.8, 4) is 5.75 Å². The zero-order chi connectivity index (χ0) is 20.1. The standard InChI is InChI=1S/C24H30N2O3/c1-28-17-29-21-9-7-19(8-10-21)22-15-23(22)24(27)25-20-11-13-26(14-12-20)16-18-5-3-2-4-6-18/h2-10,20,22-23H,11-17H2,1H3,(H,25,27). The van der Waals surface area contributed by atoms with Crippen molar-refractivity contribution >= 4 is 5.91 Å². The van der Waals surface area contributed by atoms with Crippen LogP contribution in [0.4, 0.5) is 0 Å². The number of ether oxygens (including phenoxy) is 2. The van der Waals surface area contributed by atoms with Crippen molar-refractivity contribution in [3.63, 3.8) is 0 Å².